The van der Waals surface area contributed by atoms with Crippen LogP contribution in [0, 0.1) is 23.6 Å². The van der Waals surface area contributed by atoms with E-state index in [1.165, 1.54) is 6.07 Å². The average Bonchev–Trinajstić information content (AvgIpc) is 3.21. The Kier molecular flexibility index (Phi) is 14.2. The third-order valence-corrected chi connectivity index (χ3v) is 11.3. The Morgan fingerprint density at radius 2 is 1.77 bits per heavy atom. The second-order valence-corrected chi connectivity index (χ2v) is 14.7. The van der Waals surface area contributed by atoms with Gasteiger partial charge in [0.1, 0.15) is 36.6 Å². The smallest absolute Gasteiger partial charge is 0.409 e. The van der Waals surface area contributed by atoms with Gasteiger partial charge in [-0.05, 0) is 79.8 Å². The minimum Gasteiger partial charge on any atom is -0.489 e. The topological polar surface area (TPSA) is 119 Å². The van der Waals surface area contributed by atoms with Crippen LogP contribution in [0.2, 0.25) is 0 Å². The highest BCUT2D eigenvalue weighted by molar-refractivity contribution is 6.02. The Balaban J connectivity index is 1.53. The minimum atomic E-state index is -1.39. The fraction of sp³-hybridized carbons (Fsp3) is 0.467. The standard InChI is InChI=1S/C45H55FN2O8/c1-4-25-54-45-41(48(3)44(51)52-5-2)28-39(47-55-29-31-15-7-6-8-16-31)36-26-32(17-11-13-23-49)35(19-12-14-24-50)42(43(36)45)37-27-34(21-22-40(37)56-45)53-30-33-18-9-10-20-38(33)46/h4,6-10,15-16,18,20-22,26-27,32,35,41-43,49-50H,1,5,11-14,17,19,23-25,28-30H2,2-3H3. The zero-order chi connectivity index (χ0) is 39.5. The Morgan fingerprint density at radius 3 is 2.50 bits per heavy atom. The van der Waals surface area contributed by atoms with Crippen LogP contribution in [-0.4, -0.2) is 72.2 Å². The molecule has 1 amide bonds. The van der Waals surface area contributed by atoms with Gasteiger partial charge in [-0.1, -0.05) is 78.7 Å². The van der Waals surface area contributed by atoms with E-state index in [0.717, 1.165) is 42.4 Å². The summed E-state index contributed by atoms with van der Waals surface area (Å²) in [5, 5.41) is 24.5. The molecule has 0 bridgehead atoms. The molecule has 6 rings (SSSR count). The first kappa shape index (κ1) is 40.9. The van der Waals surface area contributed by atoms with Crippen LogP contribution >= 0.6 is 0 Å². The summed E-state index contributed by atoms with van der Waals surface area (Å²) in [6.07, 6.45) is 8.26. The van der Waals surface area contributed by atoms with Crippen LogP contribution in [0.1, 0.15) is 74.5 Å². The van der Waals surface area contributed by atoms with Crippen LogP contribution in [0.5, 0.6) is 11.5 Å². The van der Waals surface area contributed by atoms with Crippen molar-refractivity contribution in [1.29, 1.82) is 0 Å². The number of oxime groups is 1. The molecule has 0 radical (unpaired) electrons. The summed E-state index contributed by atoms with van der Waals surface area (Å²) in [6.45, 7) is 6.56. The molecule has 1 heterocycles. The first-order valence-electron chi connectivity index (χ1n) is 19.8. The molecule has 2 N–H and O–H groups in total. The number of allylic oxidation sites excluding steroid dienone is 1. The van der Waals surface area contributed by atoms with Gasteiger partial charge in [-0.2, -0.15) is 0 Å². The van der Waals surface area contributed by atoms with Gasteiger partial charge in [0.15, 0.2) is 0 Å². The van der Waals surface area contributed by atoms with Crippen LogP contribution in [0.25, 0.3) is 0 Å². The van der Waals surface area contributed by atoms with Crippen LogP contribution in [-0.2, 0) is 27.5 Å². The molecule has 3 aromatic carbocycles. The molecule has 0 aromatic heterocycles. The van der Waals surface area contributed by atoms with Crippen molar-refractivity contribution < 1.29 is 43.2 Å². The number of hydrogen-bond donors (Lipinski definition) is 2. The molecule has 300 valence electrons. The van der Waals surface area contributed by atoms with Gasteiger partial charge in [0.05, 0.1) is 24.8 Å². The van der Waals surface area contributed by atoms with Crippen molar-refractivity contribution in [2.75, 3.05) is 33.5 Å². The number of ether oxygens (including phenoxy) is 4. The van der Waals surface area contributed by atoms with Crippen molar-refractivity contribution in [2.24, 2.45) is 22.9 Å². The second-order valence-electron chi connectivity index (χ2n) is 14.7. The maximum atomic E-state index is 14.6. The number of carbonyl (C=O) groups excluding carboxylic acids is 1. The molecule has 56 heavy (non-hydrogen) atoms. The van der Waals surface area contributed by atoms with E-state index in [4.69, 9.17) is 28.9 Å². The molecular formula is C45H55FN2O8. The van der Waals surface area contributed by atoms with Crippen LogP contribution in [0.4, 0.5) is 9.18 Å². The normalized spacial score (nSPS) is 24.3. The zero-order valence-corrected chi connectivity index (χ0v) is 32.5. The SMILES string of the molecule is C=CCOC12Oc3ccc(OCc4ccccc4F)cc3C3C(CCCCO)C(CCCCO)C=C(C(=NOCc4ccccc4)CC1N(C)C(=O)OCC)C32. The van der Waals surface area contributed by atoms with Crippen LogP contribution in [0.15, 0.2) is 102 Å². The molecule has 3 aromatic rings. The minimum absolute atomic E-state index is 0.0447. The lowest BCUT2D eigenvalue weighted by molar-refractivity contribution is -0.253. The van der Waals surface area contributed by atoms with Crippen molar-refractivity contribution in [3.8, 4) is 11.5 Å². The summed E-state index contributed by atoms with van der Waals surface area (Å²) >= 11 is 0. The van der Waals surface area contributed by atoms with E-state index in [-0.39, 0.29) is 69.6 Å². The lowest BCUT2D eigenvalue weighted by Crippen LogP contribution is -2.69. The fourth-order valence-corrected chi connectivity index (χ4v) is 8.71. The van der Waals surface area contributed by atoms with E-state index in [0.29, 0.717) is 35.6 Å². The first-order chi connectivity index (χ1) is 27.3. The zero-order valence-electron chi connectivity index (χ0n) is 32.5. The summed E-state index contributed by atoms with van der Waals surface area (Å²) in [6, 6.07) is 21.4. The molecule has 6 unspecified atom stereocenters. The van der Waals surface area contributed by atoms with E-state index in [2.05, 4.69) is 12.7 Å². The highest BCUT2D eigenvalue weighted by atomic mass is 19.1. The highest BCUT2D eigenvalue weighted by Gasteiger charge is 2.65. The van der Waals surface area contributed by atoms with Crippen LogP contribution < -0.4 is 9.47 Å². The van der Waals surface area contributed by atoms with Gasteiger partial charge in [-0.3, -0.25) is 0 Å². The highest BCUT2D eigenvalue weighted by Crippen LogP contribution is 2.61. The van der Waals surface area contributed by atoms with E-state index < -0.39 is 23.8 Å². The Morgan fingerprint density at radius 1 is 1.02 bits per heavy atom. The predicted molar refractivity (Wildman–Crippen MR) is 212 cm³/mol. The molecule has 2 aliphatic carbocycles. The number of halogens is 1. The molecule has 1 aliphatic heterocycles. The lowest BCUT2D eigenvalue weighted by atomic mass is 9.55. The summed E-state index contributed by atoms with van der Waals surface area (Å²) in [7, 11) is 1.70. The van der Waals surface area contributed by atoms with Crippen molar-refractivity contribution in [3.05, 3.63) is 120 Å². The molecule has 10 nitrogen and oxygen atoms in total. The van der Waals surface area contributed by atoms with Crippen molar-refractivity contribution >= 4 is 11.8 Å². The van der Waals surface area contributed by atoms with Crippen molar-refractivity contribution in [3.63, 3.8) is 0 Å². The van der Waals surface area contributed by atoms with E-state index >= 15 is 0 Å². The monoisotopic (exact) mass is 770 g/mol. The number of nitrogens with zero attached hydrogens (tertiary/aromatic N) is 2. The molecular weight excluding hydrogens is 715 g/mol. The second kappa shape index (κ2) is 19.4. The molecule has 0 saturated heterocycles. The number of unbranched alkanes of at least 4 members (excludes halogenated alkanes) is 2. The number of aliphatic hydroxyl groups is 2. The van der Waals surface area contributed by atoms with Crippen molar-refractivity contribution in [1.82, 2.24) is 4.90 Å². The third kappa shape index (κ3) is 8.96. The largest absolute Gasteiger partial charge is 0.489 e. The third-order valence-electron chi connectivity index (χ3n) is 11.3. The number of rotatable bonds is 19. The quantitative estimate of drug-likeness (QED) is 0.0710. The average molecular weight is 771 g/mol. The summed E-state index contributed by atoms with van der Waals surface area (Å²) in [5.74, 6) is -1.15. The Labute approximate surface area is 329 Å². The lowest BCUT2D eigenvalue weighted by Gasteiger charge is -2.59. The molecule has 0 spiro atoms. The first-order valence-corrected chi connectivity index (χ1v) is 19.8. The fourth-order valence-electron chi connectivity index (χ4n) is 8.71. The number of likely N-dealkylation sites (N-methyl/N-ethyl adjacent to an activating group) is 1. The number of carbonyl (C=O) groups is 1. The van der Waals surface area contributed by atoms with Crippen LogP contribution in [0.3, 0.4) is 0 Å². The maximum Gasteiger partial charge on any atom is 0.409 e. The number of amides is 1. The Hall–Kier alpha value is -4.71. The molecule has 6 atom stereocenters. The van der Waals surface area contributed by atoms with E-state index in [9.17, 15) is 19.4 Å². The van der Waals surface area contributed by atoms with E-state index in [1.807, 2.05) is 48.5 Å². The van der Waals surface area contributed by atoms with Gasteiger partial charge in [0.2, 0.25) is 5.79 Å². The number of fused-ring (bicyclic) bond motifs is 2. The van der Waals surface area contributed by atoms with Gasteiger partial charge in [0, 0.05) is 43.7 Å². The van der Waals surface area contributed by atoms with Gasteiger partial charge in [-0.15, -0.1) is 6.58 Å². The van der Waals surface area contributed by atoms with Gasteiger partial charge in [-0.25, -0.2) is 9.18 Å². The van der Waals surface area contributed by atoms with Gasteiger partial charge < -0.3 is 38.9 Å². The summed E-state index contributed by atoms with van der Waals surface area (Å²) in [4.78, 5) is 21.3. The van der Waals surface area contributed by atoms with E-state index in [1.54, 1.807) is 43.1 Å². The Bertz CT molecular complexity index is 1840. The number of aliphatic hydroxyl groups excluding tert-OH is 2. The number of benzene rings is 3. The molecule has 1 saturated carbocycles. The summed E-state index contributed by atoms with van der Waals surface area (Å²) < 4.78 is 40.5. The molecule has 11 heteroatoms. The maximum absolute atomic E-state index is 14.6. The number of hydrogen-bond acceptors (Lipinski definition) is 9. The predicted octanol–water partition coefficient (Wildman–Crippen LogP) is 8.33. The van der Waals surface area contributed by atoms with Gasteiger partial charge in [0.25, 0.3) is 0 Å². The molecule has 1 fully saturated rings. The van der Waals surface area contributed by atoms with Gasteiger partial charge >= 0.3 is 6.09 Å². The van der Waals surface area contributed by atoms with Crippen molar-refractivity contribution in [2.45, 2.75) is 82.8 Å². The summed E-state index contributed by atoms with van der Waals surface area (Å²) in [5.41, 5.74) is 3.94. The molecule has 3 aliphatic rings.